The van der Waals surface area contributed by atoms with Crippen molar-refractivity contribution in [1.29, 1.82) is 0 Å². The minimum absolute atomic E-state index is 0.0200. The summed E-state index contributed by atoms with van der Waals surface area (Å²) in [6, 6.07) is 3.80. The van der Waals surface area contributed by atoms with E-state index < -0.39 is 32.7 Å². The molecule has 1 heterocycles. The fourth-order valence-electron chi connectivity index (χ4n) is 2.91. The summed E-state index contributed by atoms with van der Waals surface area (Å²) in [6.45, 7) is 2.16. The van der Waals surface area contributed by atoms with Gasteiger partial charge in [-0.3, -0.25) is 0 Å². The first kappa shape index (κ1) is 17.2. The lowest BCUT2D eigenvalue weighted by Crippen LogP contribution is -2.51. The van der Waals surface area contributed by atoms with Crippen LogP contribution in [0.25, 0.3) is 0 Å². The molecule has 0 radical (unpaired) electrons. The van der Waals surface area contributed by atoms with E-state index in [1.165, 1.54) is 12.1 Å². The Balaban J connectivity index is 2.51. The molecular weight excluding hydrogens is 317 g/mol. The molecule has 0 saturated carbocycles. The van der Waals surface area contributed by atoms with E-state index in [1.54, 1.807) is 0 Å². The van der Waals surface area contributed by atoms with Crippen molar-refractivity contribution < 1.29 is 21.6 Å². The van der Waals surface area contributed by atoms with Crippen LogP contribution < -0.4 is 5.73 Å². The van der Waals surface area contributed by atoms with Gasteiger partial charge in [0.2, 0.25) is 10.0 Å². The van der Waals surface area contributed by atoms with Gasteiger partial charge in [0, 0.05) is 19.1 Å². The normalized spacial score (nSPS) is 24.4. The van der Waals surface area contributed by atoms with Crippen molar-refractivity contribution in [2.75, 3.05) is 13.1 Å². The molecule has 1 aliphatic heterocycles. The number of alkyl halides is 3. The van der Waals surface area contributed by atoms with E-state index in [0.29, 0.717) is 6.42 Å². The van der Waals surface area contributed by atoms with E-state index in [-0.39, 0.29) is 19.0 Å². The molecule has 0 amide bonds. The Morgan fingerprint density at radius 1 is 1.32 bits per heavy atom. The highest BCUT2D eigenvalue weighted by molar-refractivity contribution is 7.89. The van der Waals surface area contributed by atoms with E-state index >= 15 is 0 Å². The van der Waals surface area contributed by atoms with Crippen LogP contribution in [-0.2, 0) is 16.2 Å². The zero-order chi connectivity index (χ0) is 16.5. The third-order valence-electron chi connectivity index (χ3n) is 4.09. The first-order valence-corrected chi connectivity index (χ1v) is 8.51. The molecule has 4 nitrogen and oxygen atoms in total. The zero-order valence-corrected chi connectivity index (χ0v) is 13.0. The Bertz CT molecular complexity index is 631. The van der Waals surface area contributed by atoms with Gasteiger partial charge in [-0.2, -0.15) is 17.5 Å². The molecule has 22 heavy (non-hydrogen) atoms. The number of rotatable bonds is 3. The maximum atomic E-state index is 13.1. The van der Waals surface area contributed by atoms with Gasteiger partial charge in [-0.1, -0.05) is 19.1 Å². The zero-order valence-electron chi connectivity index (χ0n) is 12.2. The number of hydrogen-bond donors (Lipinski definition) is 1. The van der Waals surface area contributed by atoms with Crippen LogP contribution in [0.2, 0.25) is 0 Å². The van der Waals surface area contributed by atoms with Crippen molar-refractivity contribution in [1.82, 2.24) is 4.31 Å². The highest BCUT2D eigenvalue weighted by Crippen LogP contribution is 2.37. The summed E-state index contributed by atoms with van der Waals surface area (Å²) in [5, 5.41) is 0. The number of nitrogens with two attached hydrogens (primary N) is 1. The van der Waals surface area contributed by atoms with Crippen LogP contribution >= 0.6 is 0 Å². The van der Waals surface area contributed by atoms with Crippen LogP contribution in [0.1, 0.15) is 25.3 Å². The van der Waals surface area contributed by atoms with E-state index in [2.05, 4.69) is 0 Å². The van der Waals surface area contributed by atoms with Crippen LogP contribution in [0.5, 0.6) is 0 Å². The fraction of sp³-hybridized carbons (Fsp3) is 0.571. The highest BCUT2D eigenvalue weighted by atomic mass is 32.2. The summed E-state index contributed by atoms with van der Waals surface area (Å²) in [7, 11) is -4.24. The van der Waals surface area contributed by atoms with Crippen molar-refractivity contribution in [3.05, 3.63) is 29.8 Å². The molecular formula is C14H19F3N2O2S. The van der Waals surface area contributed by atoms with Crippen molar-refractivity contribution in [2.24, 2.45) is 11.7 Å². The second-order valence-corrected chi connectivity index (χ2v) is 7.39. The molecule has 0 aromatic heterocycles. The Kier molecular flexibility index (Phi) is 4.84. The Morgan fingerprint density at radius 3 is 2.55 bits per heavy atom. The summed E-state index contributed by atoms with van der Waals surface area (Å²) in [6.07, 6.45) is -3.29. The van der Waals surface area contributed by atoms with E-state index in [0.717, 1.165) is 22.9 Å². The van der Waals surface area contributed by atoms with Gasteiger partial charge in [0.15, 0.2) is 0 Å². The Hall–Kier alpha value is -1.12. The topological polar surface area (TPSA) is 63.4 Å². The van der Waals surface area contributed by atoms with Gasteiger partial charge in [0.05, 0.1) is 10.5 Å². The average Bonchev–Trinajstić information content (AvgIpc) is 2.46. The minimum Gasteiger partial charge on any atom is -0.329 e. The largest absolute Gasteiger partial charge is 0.417 e. The van der Waals surface area contributed by atoms with Crippen LogP contribution in [0.4, 0.5) is 13.2 Å². The monoisotopic (exact) mass is 336 g/mol. The molecule has 1 aromatic carbocycles. The Morgan fingerprint density at radius 2 is 1.95 bits per heavy atom. The van der Waals surface area contributed by atoms with E-state index in [1.807, 2.05) is 6.92 Å². The third-order valence-corrected chi connectivity index (χ3v) is 6.07. The highest BCUT2D eigenvalue weighted by Gasteiger charge is 2.42. The molecule has 0 spiro atoms. The SMILES string of the molecule is C[C@@H]1CCCN(S(=O)(=O)c2ccccc2C(F)(F)F)[C@@H]1CN. The minimum atomic E-state index is -4.72. The standard InChI is InChI=1S/C14H19F3N2O2S/c1-10-5-4-8-19(12(10)9-18)22(20,21)13-7-3-2-6-11(13)14(15,16)17/h2-3,6-7,10,12H,4-5,8-9,18H2,1H3/t10-,12-/m1/s1. The maximum Gasteiger partial charge on any atom is 0.417 e. The summed E-state index contributed by atoms with van der Waals surface area (Å²) < 4.78 is 65.9. The lowest BCUT2D eigenvalue weighted by atomic mass is 9.93. The van der Waals surface area contributed by atoms with Gasteiger partial charge >= 0.3 is 6.18 Å². The maximum absolute atomic E-state index is 13.1. The third kappa shape index (κ3) is 3.13. The second-order valence-electron chi connectivity index (χ2n) is 5.53. The first-order valence-electron chi connectivity index (χ1n) is 7.07. The number of sulfonamides is 1. The van der Waals surface area contributed by atoms with Crippen LogP contribution in [0.3, 0.4) is 0 Å². The predicted molar refractivity (Wildman–Crippen MR) is 76.6 cm³/mol. The molecule has 0 unspecified atom stereocenters. The van der Waals surface area contributed by atoms with Gasteiger partial charge in [0.25, 0.3) is 0 Å². The summed E-state index contributed by atoms with van der Waals surface area (Å²) in [4.78, 5) is -0.699. The molecule has 124 valence electrons. The second kappa shape index (κ2) is 6.17. The van der Waals surface area contributed by atoms with Gasteiger partial charge < -0.3 is 5.73 Å². The van der Waals surface area contributed by atoms with Crippen molar-refractivity contribution in [2.45, 2.75) is 36.9 Å². The van der Waals surface area contributed by atoms with Crippen molar-refractivity contribution >= 4 is 10.0 Å². The molecule has 2 atom stereocenters. The van der Waals surface area contributed by atoms with Gasteiger partial charge in [-0.15, -0.1) is 0 Å². The number of hydrogen-bond acceptors (Lipinski definition) is 3. The van der Waals surface area contributed by atoms with Gasteiger partial charge in [-0.05, 0) is 30.9 Å². The molecule has 1 aliphatic rings. The van der Waals surface area contributed by atoms with Crippen molar-refractivity contribution in [3.63, 3.8) is 0 Å². The number of nitrogens with zero attached hydrogens (tertiary/aromatic N) is 1. The molecule has 8 heteroatoms. The van der Waals surface area contributed by atoms with Gasteiger partial charge in [-0.25, -0.2) is 8.42 Å². The molecule has 0 bridgehead atoms. The molecule has 1 saturated heterocycles. The summed E-state index contributed by atoms with van der Waals surface area (Å²) in [5.74, 6) is 0.0200. The molecule has 2 rings (SSSR count). The van der Waals surface area contributed by atoms with Crippen LogP contribution in [0, 0.1) is 5.92 Å². The smallest absolute Gasteiger partial charge is 0.329 e. The lowest BCUT2D eigenvalue weighted by molar-refractivity contribution is -0.139. The summed E-state index contributed by atoms with van der Waals surface area (Å²) in [5.41, 5.74) is 4.52. The number of benzene rings is 1. The van der Waals surface area contributed by atoms with Crippen LogP contribution in [0.15, 0.2) is 29.2 Å². The first-order chi connectivity index (χ1) is 10.2. The molecule has 1 aromatic rings. The quantitative estimate of drug-likeness (QED) is 0.922. The van der Waals surface area contributed by atoms with Crippen molar-refractivity contribution in [3.8, 4) is 0 Å². The molecule has 1 fully saturated rings. The Labute approximate surface area is 128 Å². The van der Waals surface area contributed by atoms with Gasteiger partial charge in [0.1, 0.15) is 0 Å². The van der Waals surface area contributed by atoms with E-state index in [9.17, 15) is 21.6 Å². The number of halogens is 3. The predicted octanol–water partition coefficient (Wildman–Crippen LogP) is 2.45. The molecule has 0 aliphatic carbocycles. The number of piperidine rings is 1. The fourth-order valence-corrected chi connectivity index (χ4v) is 4.90. The van der Waals surface area contributed by atoms with E-state index in [4.69, 9.17) is 5.73 Å². The summed E-state index contributed by atoms with van der Waals surface area (Å²) >= 11 is 0. The average molecular weight is 336 g/mol. The lowest BCUT2D eigenvalue weighted by Gasteiger charge is -2.38. The molecule has 2 N–H and O–H groups in total. The van der Waals surface area contributed by atoms with Crippen LogP contribution in [-0.4, -0.2) is 31.9 Å².